The molecule has 1 aliphatic heterocycles. The summed E-state index contributed by atoms with van der Waals surface area (Å²) in [4.78, 5) is 21.0. The summed E-state index contributed by atoms with van der Waals surface area (Å²) in [6.07, 6.45) is 0. The van der Waals surface area contributed by atoms with Crippen molar-refractivity contribution < 1.29 is 9.66 Å². The van der Waals surface area contributed by atoms with E-state index in [0.717, 1.165) is 54.9 Å². The largest absolute Gasteiger partial charge is 0.496 e. The second-order valence-corrected chi connectivity index (χ2v) is 8.96. The third-order valence-electron chi connectivity index (χ3n) is 6.81. The molecule has 0 atom stereocenters. The molecule has 0 bridgehead atoms. The summed E-state index contributed by atoms with van der Waals surface area (Å²) in [5.74, 6) is 1.98. The van der Waals surface area contributed by atoms with Crippen molar-refractivity contribution in [2.24, 2.45) is 0 Å². The van der Waals surface area contributed by atoms with Crippen LogP contribution in [-0.4, -0.2) is 62.7 Å². The minimum atomic E-state index is -0.388. The number of aromatic nitrogens is 4. The molecule has 1 saturated heterocycles. The first kappa shape index (κ1) is 22.9. The molecule has 0 unspecified atom stereocenters. The van der Waals surface area contributed by atoms with Crippen molar-refractivity contribution in [1.29, 1.82) is 0 Å². The van der Waals surface area contributed by atoms with Crippen LogP contribution in [0.25, 0.3) is 27.9 Å². The maximum absolute atomic E-state index is 11.8. The van der Waals surface area contributed by atoms with Crippen LogP contribution >= 0.6 is 0 Å². The number of nitro benzene ring substituents is 1. The van der Waals surface area contributed by atoms with E-state index < -0.39 is 0 Å². The van der Waals surface area contributed by atoms with Crippen LogP contribution in [0.2, 0.25) is 0 Å². The molecule has 0 radical (unpaired) electrons. The summed E-state index contributed by atoms with van der Waals surface area (Å²) >= 11 is 0. The minimum absolute atomic E-state index is 0.0162. The molecule has 6 rings (SSSR count). The smallest absolute Gasteiger partial charge is 0.280 e. The van der Waals surface area contributed by atoms with Gasteiger partial charge in [0.15, 0.2) is 11.5 Å². The fraction of sp³-hybridized carbons (Fsp3) is 0.222. The van der Waals surface area contributed by atoms with Gasteiger partial charge < -0.3 is 9.64 Å². The van der Waals surface area contributed by atoms with Gasteiger partial charge in [-0.15, -0.1) is 10.2 Å². The van der Waals surface area contributed by atoms with E-state index in [1.807, 2.05) is 46.9 Å². The molecule has 0 N–H and O–H groups in total. The van der Waals surface area contributed by atoms with Gasteiger partial charge >= 0.3 is 0 Å². The number of hydrogen-bond acceptors (Lipinski definition) is 8. The highest BCUT2D eigenvalue weighted by Gasteiger charge is 2.27. The standard InChI is InChI=1S/C27H25N7O3/c1-37-24-13-7-2-8-19(24)18-31-14-16-32(17-15-31)27-28-22-11-5-3-9-20(22)25-29-30-26(33(25)27)21-10-4-6-12-23(21)34(35)36/h2-13H,14-18H2,1H3. The highest BCUT2D eigenvalue weighted by Crippen LogP contribution is 2.33. The first-order valence-electron chi connectivity index (χ1n) is 12.1. The minimum Gasteiger partial charge on any atom is -0.496 e. The highest BCUT2D eigenvalue weighted by atomic mass is 16.6. The monoisotopic (exact) mass is 495 g/mol. The van der Waals surface area contributed by atoms with Crippen LogP contribution in [0.15, 0.2) is 72.8 Å². The van der Waals surface area contributed by atoms with Crippen molar-refractivity contribution in [2.75, 3.05) is 38.2 Å². The predicted octanol–water partition coefficient (Wildman–Crippen LogP) is 4.18. The Kier molecular flexibility index (Phi) is 5.85. The van der Waals surface area contributed by atoms with Crippen LogP contribution in [0.1, 0.15) is 5.56 Å². The Labute approximate surface area is 212 Å². The van der Waals surface area contributed by atoms with E-state index in [2.05, 4.69) is 26.1 Å². The average Bonchev–Trinajstić information content (AvgIpc) is 3.39. The van der Waals surface area contributed by atoms with E-state index in [9.17, 15) is 10.1 Å². The molecule has 10 nitrogen and oxygen atoms in total. The summed E-state index contributed by atoms with van der Waals surface area (Å²) in [6, 6.07) is 22.5. The van der Waals surface area contributed by atoms with Gasteiger partial charge in [-0.1, -0.05) is 42.5 Å². The molecule has 186 valence electrons. The van der Waals surface area contributed by atoms with E-state index in [4.69, 9.17) is 9.72 Å². The maximum atomic E-state index is 11.8. The van der Waals surface area contributed by atoms with Gasteiger partial charge in [0.25, 0.3) is 5.69 Å². The van der Waals surface area contributed by atoms with E-state index in [1.54, 1.807) is 25.3 Å². The number of ether oxygens (including phenoxy) is 1. The zero-order valence-corrected chi connectivity index (χ0v) is 20.3. The molecule has 1 fully saturated rings. The molecule has 5 aromatic rings. The Morgan fingerprint density at radius 3 is 2.46 bits per heavy atom. The zero-order valence-electron chi connectivity index (χ0n) is 20.3. The normalized spacial score (nSPS) is 14.4. The van der Waals surface area contributed by atoms with Crippen LogP contribution in [0.3, 0.4) is 0 Å². The number of rotatable bonds is 6. The van der Waals surface area contributed by atoms with Gasteiger partial charge in [0.05, 0.1) is 23.1 Å². The van der Waals surface area contributed by atoms with E-state index in [-0.39, 0.29) is 10.6 Å². The summed E-state index contributed by atoms with van der Waals surface area (Å²) in [6.45, 7) is 3.94. The number of anilines is 1. The van der Waals surface area contributed by atoms with Crippen molar-refractivity contribution in [3.8, 4) is 17.1 Å². The topological polar surface area (TPSA) is 102 Å². The maximum Gasteiger partial charge on any atom is 0.280 e. The van der Waals surface area contributed by atoms with E-state index in [1.165, 1.54) is 6.07 Å². The molecule has 37 heavy (non-hydrogen) atoms. The van der Waals surface area contributed by atoms with Crippen molar-refractivity contribution in [3.63, 3.8) is 0 Å². The Hall–Kier alpha value is -4.57. The SMILES string of the molecule is COc1ccccc1CN1CCN(c2nc3ccccc3c3nnc(-c4ccccc4[N+](=O)[O-])n23)CC1. The fourth-order valence-electron chi connectivity index (χ4n) is 4.96. The predicted molar refractivity (Wildman–Crippen MR) is 141 cm³/mol. The van der Waals surface area contributed by atoms with Crippen LogP contribution in [0, 0.1) is 10.1 Å². The lowest BCUT2D eigenvalue weighted by molar-refractivity contribution is -0.384. The third kappa shape index (κ3) is 4.11. The van der Waals surface area contributed by atoms with Crippen molar-refractivity contribution in [1.82, 2.24) is 24.5 Å². The Balaban J connectivity index is 1.39. The number of nitrogens with zero attached hydrogens (tertiary/aromatic N) is 7. The zero-order chi connectivity index (χ0) is 25.4. The summed E-state index contributed by atoms with van der Waals surface area (Å²) in [7, 11) is 1.70. The van der Waals surface area contributed by atoms with Crippen molar-refractivity contribution in [3.05, 3.63) is 88.5 Å². The number of methoxy groups -OCH3 is 1. The molecule has 0 amide bonds. The fourth-order valence-corrected chi connectivity index (χ4v) is 4.96. The number of para-hydroxylation sites is 3. The quantitative estimate of drug-likeness (QED) is 0.255. The number of benzene rings is 3. The second-order valence-electron chi connectivity index (χ2n) is 8.96. The van der Waals surface area contributed by atoms with Gasteiger partial charge in [0, 0.05) is 49.7 Å². The number of hydrogen-bond donors (Lipinski definition) is 0. The van der Waals surface area contributed by atoms with Crippen LogP contribution in [-0.2, 0) is 6.54 Å². The molecular formula is C27H25N7O3. The van der Waals surface area contributed by atoms with Gasteiger partial charge in [0.2, 0.25) is 5.95 Å². The van der Waals surface area contributed by atoms with Gasteiger partial charge in [-0.25, -0.2) is 9.38 Å². The van der Waals surface area contributed by atoms with Crippen molar-refractivity contribution in [2.45, 2.75) is 6.54 Å². The molecule has 3 heterocycles. The average molecular weight is 496 g/mol. The summed E-state index contributed by atoms with van der Waals surface area (Å²) < 4.78 is 7.39. The van der Waals surface area contributed by atoms with E-state index in [0.29, 0.717) is 23.0 Å². The van der Waals surface area contributed by atoms with Crippen LogP contribution < -0.4 is 9.64 Å². The first-order chi connectivity index (χ1) is 18.1. The molecule has 3 aromatic carbocycles. The van der Waals surface area contributed by atoms with Gasteiger partial charge in [-0.3, -0.25) is 15.0 Å². The molecule has 0 spiro atoms. The lowest BCUT2D eigenvalue weighted by Crippen LogP contribution is -2.47. The van der Waals surface area contributed by atoms with Gasteiger partial charge in [0.1, 0.15) is 5.75 Å². The van der Waals surface area contributed by atoms with E-state index >= 15 is 0 Å². The Morgan fingerprint density at radius 2 is 1.65 bits per heavy atom. The lowest BCUT2D eigenvalue weighted by atomic mass is 10.1. The van der Waals surface area contributed by atoms with Crippen molar-refractivity contribution >= 4 is 28.2 Å². The number of piperazine rings is 1. The van der Waals surface area contributed by atoms with Crippen LogP contribution in [0.4, 0.5) is 11.6 Å². The number of fused-ring (bicyclic) bond motifs is 3. The third-order valence-corrected chi connectivity index (χ3v) is 6.81. The highest BCUT2D eigenvalue weighted by molar-refractivity contribution is 5.93. The second kappa shape index (κ2) is 9.47. The molecule has 2 aromatic heterocycles. The lowest BCUT2D eigenvalue weighted by Gasteiger charge is -2.35. The molecule has 10 heteroatoms. The molecule has 0 aliphatic carbocycles. The van der Waals surface area contributed by atoms with Crippen LogP contribution in [0.5, 0.6) is 5.75 Å². The summed E-state index contributed by atoms with van der Waals surface area (Å²) in [5, 5.41) is 21.5. The first-order valence-corrected chi connectivity index (χ1v) is 12.1. The molecule has 0 saturated carbocycles. The Morgan fingerprint density at radius 1 is 0.919 bits per heavy atom. The Bertz CT molecular complexity index is 1610. The molecular weight excluding hydrogens is 470 g/mol. The van der Waals surface area contributed by atoms with Gasteiger partial charge in [-0.05, 0) is 24.3 Å². The molecule has 1 aliphatic rings. The van der Waals surface area contributed by atoms with Gasteiger partial charge in [-0.2, -0.15) is 0 Å². The number of nitro groups is 1. The summed E-state index contributed by atoms with van der Waals surface area (Å²) in [5.41, 5.74) is 2.99.